The summed E-state index contributed by atoms with van der Waals surface area (Å²) in [5.74, 6) is -0.0968. The Morgan fingerprint density at radius 1 is 1.18 bits per heavy atom. The molecule has 1 unspecified atom stereocenters. The zero-order chi connectivity index (χ0) is 20.9. The Balaban J connectivity index is 2.21. The normalized spacial score (nSPS) is 29.1. The van der Waals surface area contributed by atoms with Crippen LogP contribution in [0.2, 0.25) is 0 Å². The number of ketones is 1. The van der Waals surface area contributed by atoms with Gasteiger partial charge in [-0.3, -0.25) is 14.4 Å². The summed E-state index contributed by atoms with van der Waals surface area (Å²) >= 11 is 0. The van der Waals surface area contributed by atoms with E-state index >= 15 is 0 Å². The van der Waals surface area contributed by atoms with E-state index in [1.807, 2.05) is 32.9 Å². The molecule has 1 fully saturated rings. The number of rotatable bonds is 3. The van der Waals surface area contributed by atoms with E-state index in [4.69, 9.17) is 9.47 Å². The fourth-order valence-electron chi connectivity index (χ4n) is 5.41. The summed E-state index contributed by atoms with van der Waals surface area (Å²) in [7, 11) is 1.41. The minimum atomic E-state index is -0.701. The van der Waals surface area contributed by atoms with Crippen LogP contribution in [0.1, 0.15) is 87.7 Å². The average Bonchev–Trinajstić information content (AvgIpc) is 2.62. The molecule has 2 aliphatic carbocycles. The third-order valence-corrected chi connectivity index (χ3v) is 6.91. The standard InChI is InChI=1S/C23H30O5/c1-13(2)15-10-16-17(11-19(15)28-14(3)24)22(4)8-7-9-23(5,21(26)27-6)20(22)12-18(16)25/h10-11,13,20H,7-9,12H2,1-6H3/t20?,22-,23+/m1/s1. The molecule has 1 aromatic carbocycles. The zero-order valence-corrected chi connectivity index (χ0v) is 17.7. The number of hydrogen-bond donors (Lipinski definition) is 0. The molecule has 1 aromatic rings. The number of fused-ring (bicyclic) bond motifs is 3. The first-order valence-electron chi connectivity index (χ1n) is 10.0. The Morgan fingerprint density at radius 3 is 2.43 bits per heavy atom. The van der Waals surface area contributed by atoms with Crippen LogP contribution in [0.3, 0.4) is 0 Å². The molecule has 0 aliphatic heterocycles. The number of Topliss-reactive ketones (excluding diaryl/α,β-unsaturated/α-hetero) is 1. The summed E-state index contributed by atoms with van der Waals surface area (Å²) in [6, 6.07) is 3.77. The maximum atomic E-state index is 13.1. The van der Waals surface area contributed by atoms with Gasteiger partial charge < -0.3 is 9.47 Å². The molecule has 3 atom stereocenters. The van der Waals surface area contributed by atoms with Gasteiger partial charge in [0.25, 0.3) is 0 Å². The first-order valence-corrected chi connectivity index (χ1v) is 10.0. The van der Waals surface area contributed by atoms with Crippen LogP contribution in [0.4, 0.5) is 0 Å². The van der Waals surface area contributed by atoms with Crippen molar-refractivity contribution in [3.05, 3.63) is 28.8 Å². The van der Waals surface area contributed by atoms with Crippen molar-refractivity contribution in [1.29, 1.82) is 0 Å². The van der Waals surface area contributed by atoms with Crippen molar-refractivity contribution in [3.8, 4) is 5.75 Å². The number of ether oxygens (including phenoxy) is 2. The Hall–Kier alpha value is -2.17. The van der Waals surface area contributed by atoms with Crippen LogP contribution >= 0.6 is 0 Å². The summed E-state index contributed by atoms with van der Waals surface area (Å²) < 4.78 is 10.6. The third kappa shape index (κ3) is 3.05. The van der Waals surface area contributed by atoms with Gasteiger partial charge in [-0.05, 0) is 60.3 Å². The monoisotopic (exact) mass is 386 g/mol. The van der Waals surface area contributed by atoms with E-state index < -0.39 is 5.41 Å². The highest BCUT2D eigenvalue weighted by atomic mass is 16.5. The lowest BCUT2D eigenvalue weighted by Crippen LogP contribution is -2.53. The fraction of sp³-hybridized carbons (Fsp3) is 0.609. The average molecular weight is 386 g/mol. The van der Waals surface area contributed by atoms with Crippen molar-refractivity contribution in [1.82, 2.24) is 0 Å². The largest absolute Gasteiger partial charge is 0.469 e. The number of hydrogen-bond acceptors (Lipinski definition) is 5. The molecular weight excluding hydrogens is 356 g/mol. The molecule has 152 valence electrons. The smallest absolute Gasteiger partial charge is 0.311 e. The van der Waals surface area contributed by atoms with Gasteiger partial charge in [0.1, 0.15) is 5.75 Å². The second kappa shape index (κ2) is 7.02. The van der Waals surface area contributed by atoms with E-state index in [2.05, 4.69) is 6.92 Å². The Labute approximate surface area is 166 Å². The van der Waals surface area contributed by atoms with Crippen LogP contribution in [0.5, 0.6) is 5.75 Å². The minimum absolute atomic E-state index is 0.0470. The second-order valence-electron chi connectivity index (χ2n) is 9.04. The fourth-order valence-corrected chi connectivity index (χ4v) is 5.41. The number of benzene rings is 1. The molecule has 28 heavy (non-hydrogen) atoms. The van der Waals surface area contributed by atoms with Gasteiger partial charge in [-0.25, -0.2) is 0 Å². The van der Waals surface area contributed by atoms with Crippen LogP contribution in [0.15, 0.2) is 12.1 Å². The number of methoxy groups -OCH3 is 1. The van der Waals surface area contributed by atoms with Gasteiger partial charge >= 0.3 is 11.9 Å². The predicted molar refractivity (Wildman–Crippen MR) is 106 cm³/mol. The molecule has 5 heteroatoms. The lowest BCUT2D eigenvalue weighted by molar-refractivity contribution is -0.160. The molecule has 3 rings (SSSR count). The van der Waals surface area contributed by atoms with Gasteiger partial charge in [0.05, 0.1) is 12.5 Å². The van der Waals surface area contributed by atoms with Crippen LogP contribution in [-0.4, -0.2) is 24.8 Å². The maximum Gasteiger partial charge on any atom is 0.311 e. The molecule has 0 bridgehead atoms. The van der Waals surface area contributed by atoms with Gasteiger partial charge in [-0.2, -0.15) is 0 Å². The molecule has 0 N–H and O–H groups in total. The first-order chi connectivity index (χ1) is 13.0. The van der Waals surface area contributed by atoms with E-state index in [0.29, 0.717) is 24.2 Å². The van der Waals surface area contributed by atoms with Crippen molar-refractivity contribution in [2.24, 2.45) is 11.3 Å². The number of esters is 2. The van der Waals surface area contributed by atoms with Gasteiger partial charge in [0, 0.05) is 18.9 Å². The van der Waals surface area contributed by atoms with Crippen molar-refractivity contribution >= 4 is 17.7 Å². The number of carbonyl (C=O) groups is 3. The lowest BCUT2D eigenvalue weighted by atomic mass is 9.49. The Kier molecular flexibility index (Phi) is 5.15. The first kappa shape index (κ1) is 20.6. The van der Waals surface area contributed by atoms with Crippen LogP contribution in [-0.2, 0) is 19.7 Å². The van der Waals surface area contributed by atoms with Crippen molar-refractivity contribution in [2.45, 2.75) is 71.6 Å². The topological polar surface area (TPSA) is 69.7 Å². The van der Waals surface area contributed by atoms with Crippen molar-refractivity contribution in [3.63, 3.8) is 0 Å². The highest BCUT2D eigenvalue weighted by Gasteiger charge is 2.57. The summed E-state index contributed by atoms with van der Waals surface area (Å²) in [6.07, 6.45) is 2.80. The molecule has 0 amide bonds. The molecule has 0 heterocycles. The molecule has 0 spiro atoms. The molecule has 5 nitrogen and oxygen atoms in total. The quantitative estimate of drug-likeness (QED) is 0.563. The Bertz CT molecular complexity index is 840. The van der Waals surface area contributed by atoms with Gasteiger partial charge in [0.2, 0.25) is 0 Å². The van der Waals surface area contributed by atoms with Crippen molar-refractivity contribution in [2.75, 3.05) is 7.11 Å². The highest BCUT2D eigenvalue weighted by molar-refractivity contribution is 6.00. The molecule has 0 radical (unpaired) electrons. The maximum absolute atomic E-state index is 13.1. The third-order valence-electron chi connectivity index (χ3n) is 6.91. The number of carbonyl (C=O) groups excluding carboxylic acids is 3. The van der Waals surface area contributed by atoms with E-state index in [9.17, 15) is 14.4 Å². The van der Waals surface area contributed by atoms with E-state index in [1.54, 1.807) is 0 Å². The predicted octanol–water partition coefficient (Wildman–Crippen LogP) is 4.56. The van der Waals surface area contributed by atoms with Crippen LogP contribution < -0.4 is 4.74 Å². The molecule has 2 aliphatic rings. The van der Waals surface area contributed by atoms with Crippen LogP contribution in [0, 0.1) is 11.3 Å². The SMILES string of the molecule is COC(=O)[C@@]1(C)CCC[C@]2(C)c3cc(OC(C)=O)c(C(C)C)cc3C(=O)CC12. The van der Waals surface area contributed by atoms with Gasteiger partial charge in [-0.1, -0.05) is 27.2 Å². The molecule has 0 saturated heterocycles. The molecular formula is C23H30O5. The summed E-state index contributed by atoms with van der Waals surface area (Å²) in [6.45, 7) is 9.47. The lowest BCUT2D eigenvalue weighted by Gasteiger charge is -2.53. The van der Waals surface area contributed by atoms with Gasteiger partial charge in [-0.15, -0.1) is 0 Å². The zero-order valence-electron chi connectivity index (χ0n) is 17.7. The highest BCUT2D eigenvalue weighted by Crippen LogP contribution is 2.58. The van der Waals surface area contributed by atoms with Gasteiger partial charge in [0.15, 0.2) is 5.78 Å². The van der Waals surface area contributed by atoms with E-state index in [0.717, 1.165) is 24.0 Å². The summed E-state index contributed by atoms with van der Waals surface area (Å²) in [4.78, 5) is 37.5. The summed E-state index contributed by atoms with van der Waals surface area (Å²) in [5, 5.41) is 0. The van der Waals surface area contributed by atoms with Crippen molar-refractivity contribution < 1.29 is 23.9 Å². The molecule has 1 saturated carbocycles. The summed E-state index contributed by atoms with van der Waals surface area (Å²) in [5.41, 5.74) is 1.40. The van der Waals surface area contributed by atoms with Crippen LogP contribution in [0.25, 0.3) is 0 Å². The van der Waals surface area contributed by atoms with E-state index in [-0.39, 0.29) is 35.0 Å². The Morgan fingerprint density at radius 2 is 1.86 bits per heavy atom. The van der Waals surface area contributed by atoms with E-state index in [1.165, 1.54) is 14.0 Å². The molecule has 0 aromatic heterocycles. The minimum Gasteiger partial charge on any atom is -0.469 e. The second-order valence-corrected chi connectivity index (χ2v) is 9.04.